The molecule has 2 aliphatic carbocycles. The Balaban J connectivity index is 1.20. The molecule has 0 amide bonds. The second-order valence-electron chi connectivity index (χ2n) is 16.5. The van der Waals surface area contributed by atoms with Gasteiger partial charge in [0.2, 0.25) is 0 Å². The topological polar surface area (TPSA) is 0 Å². The van der Waals surface area contributed by atoms with Gasteiger partial charge in [0.05, 0.1) is 0 Å². The van der Waals surface area contributed by atoms with Gasteiger partial charge in [-0.1, -0.05) is 173 Å². The van der Waals surface area contributed by atoms with Crippen molar-refractivity contribution in [3.05, 3.63) is 192 Å². The molecule has 0 saturated carbocycles. The van der Waals surface area contributed by atoms with E-state index in [1.165, 1.54) is 110 Å². The molecule has 0 aliphatic heterocycles. The maximum absolute atomic E-state index is 2.48. The van der Waals surface area contributed by atoms with Crippen LogP contribution < -0.4 is 0 Å². The van der Waals surface area contributed by atoms with Crippen LogP contribution in [-0.4, -0.2) is 0 Å². The summed E-state index contributed by atoms with van der Waals surface area (Å²) in [5, 5.41) is 7.63. The predicted molar refractivity (Wildman–Crippen MR) is 230 cm³/mol. The van der Waals surface area contributed by atoms with Crippen molar-refractivity contribution in [1.82, 2.24) is 0 Å². The second-order valence-corrected chi connectivity index (χ2v) is 16.5. The first-order valence-corrected chi connectivity index (χ1v) is 19.3. The molecule has 0 bridgehead atoms. The summed E-state index contributed by atoms with van der Waals surface area (Å²) in [6.07, 6.45) is 0. The number of hydrogen-bond donors (Lipinski definition) is 0. The van der Waals surface area contributed by atoms with Crippen LogP contribution in [0.4, 0.5) is 0 Å². The van der Waals surface area contributed by atoms with Gasteiger partial charge in [-0.3, -0.25) is 0 Å². The smallest absolute Gasteiger partial charge is 0.0159 e. The average molecular weight is 689 g/mol. The lowest BCUT2D eigenvalue weighted by atomic mass is 9.80. The summed E-state index contributed by atoms with van der Waals surface area (Å²) in [4.78, 5) is 0. The minimum Gasteiger partial charge on any atom is -0.0619 e. The molecule has 9 aromatic rings. The fourth-order valence-electron chi connectivity index (χ4n) is 10.1. The van der Waals surface area contributed by atoms with Crippen molar-refractivity contribution < 1.29 is 0 Å². The Bertz CT molecular complexity index is 3040. The van der Waals surface area contributed by atoms with Gasteiger partial charge in [-0.05, 0) is 134 Å². The van der Waals surface area contributed by atoms with Crippen LogP contribution in [0.5, 0.6) is 0 Å². The van der Waals surface area contributed by atoms with Crippen molar-refractivity contribution in [3.63, 3.8) is 0 Å². The van der Waals surface area contributed by atoms with E-state index in [1.807, 2.05) is 0 Å². The molecule has 54 heavy (non-hydrogen) atoms. The van der Waals surface area contributed by atoms with Gasteiger partial charge in [-0.25, -0.2) is 0 Å². The molecule has 0 N–H and O–H groups in total. The molecule has 0 radical (unpaired) electrons. The molecule has 0 nitrogen and oxygen atoms in total. The molecular formula is C54H40. The Morgan fingerprint density at radius 2 is 0.759 bits per heavy atom. The summed E-state index contributed by atoms with van der Waals surface area (Å²) < 4.78 is 0. The highest BCUT2D eigenvalue weighted by molar-refractivity contribution is 6.22. The van der Waals surface area contributed by atoms with Crippen LogP contribution in [0.1, 0.15) is 49.9 Å². The summed E-state index contributed by atoms with van der Waals surface area (Å²) in [6, 6.07) is 64.2. The summed E-state index contributed by atoms with van der Waals surface area (Å²) in [7, 11) is 0. The molecule has 0 spiro atoms. The first-order chi connectivity index (χ1) is 26.3. The van der Waals surface area contributed by atoms with Gasteiger partial charge in [0.15, 0.2) is 0 Å². The Labute approximate surface area is 317 Å². The molecule has 9 aromatic carbocycles. The Hall–Kier alpha value is -6.24. The standard InChI is InChI=1S/C54H40/c1-53(2)48-20-12-10-16-40(48)45-31-38(25-28-49(45)53)52-43-18-8-7-17-42(43)51(37-22-21-33-13-5-6-14-34(33)29-37)44-27-24-35(30-46(44)52)36-23-26-41-39-15-9-11-19-47(39)54(3,4)50(41)32-36/h5-32H,1-4H3. The van der Waals surface area contributed by atoms with E-state index >= 15 is 0 Å². The molecule has 0 aromatic heterocycles. The van der Waals surface area contributed by atoms with Crippen LogP contribution in [0, 0.1) is 0 Å². The monoisotopic (exact) mass is 688 g/mol. The van der Waals surface area contributed by atoms with Crippen LogP contribution >= 0.6 is 0 Å². The van der Waals surface area contributed by atoms with E-state index in [2.05, 4.69) is 198 Å². The van der Waals surface area contributed by atoms with E-state index in [9.17, 15) is 0 Å². The molecule has 0 heteroatoms. The molecule has 0 atom stereocenters. The van der Waals surface area contributed by atoms with E-state index in [-0.39, 0.29) is 10.8 Å². The fourth-order valence-corrected chi connectivity index (χ4v) is 10.1. The third kappa shape index (κ3) is 4.32. The molecule has 256 valence electrons. The van der Waals surface area contributed by atoms with Crippen molar-refractivity contribution in [2.75, 3.05) is 0 Å². The average Bonchev–Trinajstić information content (AvgIpc) is 3.58. The van der Waals surface area contributed by atoms with Crippen LogP contribution in [0.15, 0.2) is 170 Å². The molecule has 11 rings (SSSR count). The van der Waals surface area contributed by atoms with Crippen molar-refractivity contribution in [3.8, 4) is 55.6 Å². The lowest BCUT2D eigenvalue weighted by Gasteiger charge is -2.23. The summed E-state index contributed by atoms with van der Waals surface area (Å²) in [5.74, 6) is 0. The summed E-state index contributed by atoms with van der Waals surface area (Å²) in [5.41, 5.74) is 18.5. The van der Waals surface area contributed by atoms with Gasteiger partial charge in [0, 0.05) is 10.8 Å². The first-order valence-electron chi connectivity index (χ1n) is 19.3. The normalized spacial score (nSPS) is 14.6. The zero-order chi connectivity index (χ0) is 36.3. The number of benzene rings is 9. The van der Waals surface area contributed by atoms with E-state index < -0.39 is 0 Å². The highest BCUT2D eigenvalue weighted by Crippen LogP contribution is 2.53. The Morgan fingerprint density at radius 3 is 1.52 bits per heavy atom. The van der Waals surface area contributed by atoms with Gasteiger partial charge >= 0.3 is 0 Å². The second kappa shape index (κ2) is 11.1. The third-order valence-electron chi connectivity index (χ3n) is 12.9. The molecular weight excluding hydrogens is 649 g/mol. The van der Waals surface area contributed by atoms with E-state index in [1.54, 1.807) is 0 Å². The Morgan fingerprint density at radius 1 is 0.278 bits per heavy atom. The van der Waals surface area contributed by atoms with E-state index in [0.29, 0.717) is 0 Å². The van der Waals surface area contributed by atoms with Crippen LogP contribution in [0.3, 0.4) is 0 Å². The minimum absolute atomic E-state index is 0.0390. The largest absolute Gasteiger partial charge is 0.0619 e. The van der Waals surface area contributed by atoms with Crippen LogP contribution in [-0.2, 0) is 10.8 Å². The Kier molecular flexibility index (Phi) is 6.46. The number of fused-ring (bicyclic) bond motifs is 9. The van der Waals surface area contributed by atoms with Gasteiger partial charge < -0.3 is 0 Å². The first kappa shape index (κ1) is 31.3. The van der Waals surface area contributed by atoms with Gasteiger partial charge in [0.1, 0.15) is 0 Å². The molecule has 0 unspecified atom stereocenters. The fraction of sp³-hybridized carbons (Fsp3) is 0.111. The SMILES string of the molecule is CC1(C)c2ccccc2-c2cc(-c3c4ccccc4c(-c4ccc5ccccc5c4)c4ccc(-c5ccc6c(c5)C(C)(C)c5ccccc5-6)cc34)ccc21. The molecule has 2 aliphatic rings. The van der Waals surface area contributed by atoms with E-state index in [0.717, 1.165) is 0 Å². The number of hydrogen-bond acceptors (Lipinski definition) is 0. The van der Waals surface area contributed by atoms with Crippen molar-refractivity contribution >= 4 is 32.3 Å². The van der Waals surface area contributed by atoms with Gasteiger partial charge in [-0.15, -0.1) is 0 Å². The maximum atomic E-state index is 2.48. The third-order valence-corrected chi connectivity index (χ3v) is 12.9. The molecule has 0 heterocycles. The van der Waals surface area contributed by atoms with Crippen molar-refractivity contribution in [1.29, 1.82) is 0 Å². The van der Waals surface area contributed by atoms with Gasteiger partial charge in [0.25, 0.3) is 0 Å². The predicted octanol–water partition coefficient (Wildman–Crippen LogP) is 14.8. The highest BCUT2D eigenvalue weighted by atomic mass is 14.4. The lowest BCUT2D eigenvalue weighted by molar-refractivity contribution is 0.660. The molecule has 0 saturated heterocycles. The van der Waals surface area contributed by atoms with Gasteiger partial charge in [-0.2, -0.15) is 0 Å². The zero-order valence-corrected chi connectivity index (χ0v) is 31.2. The summed E-state index contributed by atoms with van der Waals surface area (Å²) in [6.45, 7) is 9.47. The highest BCUT2D eigenvalue weighted by Gasteiger charge is 2.36. The van der Waals surface area contributed by atoms with Crippen molar-refractivity contribution in [2.24, 2.45) is 0 Å². The van der Waals surface area contributed by atoms with Crippen LogP contribution in [0.2, 0.25) is 0 Å². The quantitative estimate of drug-likeness (QED) is 0.162. The summed E-state index contributed by atoms with van der Waals surface area (Å²) >= 11 is 0. The molecule has 0 fully saturated rings. The number of rotatable bonds is 3. The van der Waals surface area contributed by atoms with Crippen LogP contribution in [0.25, 0.3) is 88.0 Å². The lowest BCUT2D eigenvalue weighted by Crippen LogP contribution is -2.14. The van der Waals surface area contributed by atoms with Crippen molar-refractivity contribution in [2.45, 2.75) is 38.5 Å². The zero-order valence-electron chi connectivity index (χ0n) is 31.2. The minimum atomic E-state index is -0.0577. The van der Waals surface area contributed by atoms with E-state index in [4.69, 9.17) is 0 Å². The maximum Gasteiger partial charge on any atom is 0.0159 e.